The van der Waals surface area contributed by atoms with E-state index in [0.717, 1.165) is 24.8 Å². The highest BCUT2D eigenvalue weighted by atomic mass is 16.5. The topological polar surface area (TPSA) is 55.4 Å². The maximum atomic E-state index is 11.9. The molecule has 0 aliphatic carbocycles. The van der Waals surface area contributed by atoms with E-state index in [1.54, 1.807) is 0 Å². The maximum absolute atomic E-state index is 11.9. The zero-order valence-electron chi connectivity index (χ0n) is 14.7. The molecule has 1 amide bonds. The van der Waals surface area contributed by atoms with Crippen LogP contribution in [0.5, 0.6) is 0 Å². The van der Waals surface area contributed by atoms with Crippen LogP contribution >= 0.6 is 0 Å². The first kappa shape index (κ1) is 19.2. The maximum Gasteiger partial charge on any atom is 0.408 e. The van der Waals surface area contributed by atoms with E-state index in [-0.39, 0.29) is 17.8 Å². The van der Waals surface area contributed by atoms with E-state index in [1.165, 1.54) is 6.92 Å². The fourth-order valence-corrected chi connectivity index (χ4v) is 2.51. The van der Waals surface area contributed by atoms with Gasteiger partial charge in [-0.15, -0.1) is 0 Å². The molecule has 0 spiro atoms. The highest BCUT2D eigenvalue weighted by Gasteiger charge is 2.27. The van der Waals surface area contributed by atoms with Gasteiger partial charge >= 0.3 is 6.09 Å². The van der Waals surface area contributed by atoms with Crippen LogP contribution in [0.1, 0.15) is 58.9 Å². The molecule has 0 aliphatic rings. The highest BCUT2D eigenvalue weighted by Crippen LogP contribution is 2.29. The quantitative estimate of drug-likeness (QED) is 0.730. The predicted octanol–water partition coefficient (Wildman–Crippen LogP) is 4.48. The third kappa shape index (κ3) is 7.82. The Morgan fingerprint density at radius 3 is 2.43 bits per heavy atom. The Balaban J connectivity index is 2.51. The van der Waals surface area contributed by atoms with E-state index < -0.39 is 12.1 Å². The van der Waals surface area contributed by atoms with E-state index in [9.17, 15) is 9.59 Å². The summed E-state index contributed by atoms with van der Waals surface area (Å²) in [4.78, 5) is 23.8. The molecule has 0 bridgehead atoms. The molecule has 1 aromatic rings. The molecule has 1 atom stereocenters. The molecule has 4 heteroatoms. The van der Waals surface area contributed by atoms with E-state index in [1.807, 2.05) is 30.3 Å². The Hall–Kier alpha value is -1.84. The van der Waals surface area contributed by atoms with Gasteiger partial charge in [0, 0.05) is 0 Å². The van der Waals surface area contributed by atoms with Crippen LogP contribution in [0.3, 0.4) is 0 Å². The Bertz CT molecular complexity index is 497. The number of carbonyl (C=O) groups excluding carboxylic acids is 2. The van der Waals surface area contributed by atoms with Gasteiger partial charge in [-0.25, -0.2) is 4.79 Å². The van der Waals surface area contributed by atoms with Gasteiger partial charge < -0.3 is 10.1 Å². The fraction of sp³-hybridized carbons (Fsp3) is 0.579. The van der Waals surface area contributed by atoms with E-state index >= 15 is 0 Å². The molecule has 0 aliphatic heterocycles. The average Bonchev–Trinajstić information content (AvgIpc) is 2.51. The molecular formula is C19H29NO3. The highest BCUT2D eigenvalue weighted by molar-refractivity contribution is 5.85. The van der Waals surface area contributed by atoms with Gasteiger partial charge in [0.1, 0.15) is 6.61 Å². The van der Waals surface area contributed by atoms with Crippen molar-refractivity contribution in [1.29, 1.82) is 0 Å². The summed E-state index contributed by atoms with van der Waals surface area (Å²) in [6.07, 6.45) is 3.37. The zero-order valence-corrected chi connectivity index (χ0v) is 14.7. The number of alkyl carbamates (subject to hydrolysis) is 1. The lowest BCUT2D eigenvalue weighted by atomic mass is 9.80. The summed E-state index contributed by atoms with van der Waals surface area (Å²) in [5, 5.41) is 2.71. The van der Waals surface area contributed by atoms with Crippen LogP contribution in [0, 0.1) is 5.41 Å². The van der Waals surface area contributed by atoms with Crippen LogP contribution in [0.4, 0.5) is 4.79 Å². The third-order valence-corrected chi connectivity index (χ3v) is 3.96. The largest absolute Gasteiger partial charge is 0.445 e. The first-order valence-corrected chi connectivity index (χ1v) is 8.32. The van der Waals surface area contributed by atoms with Crippen molar-refractivity contribution >= 4 is 11.9 Å². The van der Waals surface area contributed by atoms with Crippen LogP contribution in [-0.4, -0.2) is 17.9 Å². The number of amides is 1. The van der Waals surface area contributed by atoms with E-state index in [0.29, 0.717) is 6.42 Å². The standard InChI is InChI=1S/C19H29NO3/c1-5-6-12-19(3,4)13-17(15(2)21)20-18(22)23-14-16-10-8-7-9-11-16/h7-11,17H,5-6,12-14H2,1-4H3,(H,20,22). The van der Waals surface area contributed by atoms with Crippen LogP contribution in [-0.2, 0) is 16.1 Å². The van der Waals surface area contributed by atoms with Crippen molar-refractivity contribution in [3.05, 3.63) is 35.9 Å². The van der Waals surface area contributed by atoms with Crippen molar-refractivity contribution < 1.29 is 14.3 Å². The summed E-state index contributed by atoms with van der Waals surface area (Å²) in [6.45, 7) is 8.14. The summed E-state index contributed by atoms with van der Waals surface area (Å²) in [5.74, 6) is -0.0359. The number of hydrogen-bond acceptors (Lipinski definition) is 3. The molecule has 23 heavy (non-hydrogen) atoms. The molecule has 0 saturated carbocycles. The Morgan fingerprint density at radius 1 is 1.22 bits per heavy atom. The van der Waals surface area contributed by atoms with Crippen molar-refractivity contribution in [2.75, 3.05) is 0 Å². The van der Waals surface area contributed by atoms with Crippen LogP contribution < -0.4 is 5.32 Å². The summed E-state index contributed by atoms with van der Waals surface area (Å²) >= 11 is 0. The molecule has 0 saturated heterocycles. The second kappa shape index (κ2) is 9.33. The van der Waals surface area contributed by atoms with Gasteiger partial charge in [-0.1, -0.05) is 63.9 Å². The van der Waals surface area contributed by atoms with Gasteiger partial charge in [0.15, 0.2) is 5.78 Å². The molecule has 0 radical (unpaired) electrons. The van der Waals surface area contributed by atoms with E-state index in [2.05, 4.69) is 26.1 Å². The average molecular weight is 319 g/mol. The van der Waals surface area contributed by atoms with Gasteiger partial charge in [0.25, 0.3) is 0 Å². The second-order valence-corrected chi connectivity index (χ2v) is 6.84. The molecule has 1 unspecified atom stereocenters. The van der Waals surface area contributed by atoms with Gasteiger partial charge in [-0.05, 0) is 30.7 Å². The van der Waals surface area contributed by atoms with Crippen LogP contribution in [0.15, 0.2) is 30.3 Å². The molecule has 1 aromatic carbocycles. The van der Waals surface area contributed by atoms with Gasteiger partial charge in [-0.3, -0.25) is 4.79 Å². The lowest BCUT2D eigenvalue weighted by molar-refractivity contribution is -0.119. The Labute approximate surface area is 139 Å². The lowest BCUT2D eigenvalue weighted by Crippen LogP contribution is -2.42. The minimum Gasteiger partial charge on any atom is -0.445 e. The summed E-state index contributed by atoms with van der Waals surface area (Å²) in [5.41, 5.74) is 0.935. The van der Waals surface area contributed by atoms with E-state index in [4.69, 9.17) is 4.74 Å². The van der Waals surface area contributed by atoms with Gasteiger partial charge in [0.05, 0.1) is 6.04 Å². The predicted molar refractivity (Wildman–Crippen MR) is 92.2 cm³/mol. The smallest absolute Gasteiger partial charge is 0.408 e. The van der Waals surface area contributed by atoms with Crippen molar-refractivity contribution in [1.82, 2.24) is 5.32 Å². The first-order chi connectivity index (χ1) is 10.8. The Kier molecular flexibility index (Phi) is 7.79. The molecule has 0 fully saturated rings. The zero-order chi connectivity index (χ0) is 17.3. The van der Waals surface area contributed by atoms with Gasteiger partial charge in [-0.2, -0.15) is 0 Å². The molecule has 0 aromatic heterocycles. The van der Waals surface area contributed by atoms with Crippen molar-refractivity contribution in [3.63, 3.8) is 0 Å². The number of nitrogens with one attached hydrogen (secondary N) is 1. The number of benzene rings is 1. The molecule has 1 N–H and O–H groups in total. The summed E-state index contributed by atoms with van der Waals surface area (Å²) < 4.78 is 5.20. The molecule has 4 nitrogen and oxygen atoms in total. The minimum atomic E-state index is -0.541. The van der Waals surface area contributed by atoms with Crippen LogP contribution in [0.25, 0.3) is 0 Å². The molecule has 1 rings (SSSR count). The minimum absolute atomic E-state index is 0.0130. The summed E-state index contributed by atoms with van der Waals surface area (Å²) in [7, 11) is 0. The van der Waals surface area contributed by atoms with Crippen molar-refractivity contribution in [2.45, 2.75) is 66.0 Å². The molecule has 128 valence electrons. The van der Waals surface area contributed by atoms with Crippen molar-refractivity contribution in [3.8, 4) is 0 Å². The molecular weight excluding hydrogens is 290 g/mol. The monoisotopic (exact) mass is 319 g/mol. The number of unbranched alkanes of at least 4 members (excludes halogenated alkanes) is 1. The third-order valence-electron chi connectivity index (χ3n) is 3.96. The lowest BCUT2D eigenvalue weighted by Gasteiger charge is -2.29. The first-order valence-electron chi connectivity index (χ1n) is 8.32. The SMILES string of the molecule is CCCCC(C)(C)CC(NC(=O)OCc1ccccc1)C(C)=O. The number of hydrogen-bond donors (Lipinski definition) is 1. The summed E-state index contributed by atoms with van der Waals surface area (Å²) in [6, 6.07) is 8.99. The Morgan fingerprint density at radius 2 is 1.87 bits per heavy atom. The van der Waals surface area contributed by atoms with Gasteiger partial charge in [0.2, 0.25) is 0 Å². The number of ketones is 1. The number of Topliss-reactive ketones (excluding diaryl/α,β-unsaturated/α-hetero) is 1. The van der Waals surface area contributed by atoms with Crippen molar-refractivity contribution in [2.24, 2.45) is 5.41 Å². The molecule has 0 heterocycles. The second-order valence-electron chi connectivity index (χ2n) is 6.84. The number of ether oxygens (including phenoxy) is 1. The normalized spacial score (nSPS) is 12.5. The number of carbonyl (C=O) groups is 2. The fourth-order valence-electron chi connectivity index (χ4n) is 2.51. The van der Waals surface area contributed by atoms with Crippen LogP contribution in [0.2, 0.25) is 0 Å². The number of rotatable bonds is 9.